The van der Waals surface area contributed by atoms with E-state index in [1.807, 2.05) is 0 Å². The fourth-order valence-electron chi connectivity index (χ4n) is 2.18. The van der Waals surface area contributed by atoms with Gasteiger partial charge < -0.3 is 19.9 Å². The zero-order chi connectivity index (χ0) is 15.7. The molecular weight excluding hydrogens is 272 g/mol. The largest absolute Gasteiger partial charge is 0.506 e. The maximum absolute atomic E-state index is 12.4. The molecule has 21 heavy (non-hydrogen) atoms. The van der Waals surface area contributed by atoms with Crippen LogP contribution in [0.3, 0.4) is 0 Å². The van der Waals surface area contributed by atoms with Crippen molar-refractivity contribution >= 4 is 16.6 Å². The third kappa shape index (κ3) is 2.68. The Bertz CT molecular complexity index is 762. The van der Waals surface area contributed by atoms with Gasteiger partial charge in [0.2, 0.25) is 0 Å². The van der Waals surface area contributed by atoms with Crippen LogP contribution >= 0.6 is 0 Å². The van der Waals surface area contributed by atoms with Crippen LogP contribution in [0, 0.1) is 0 Å². The molecule has 2 rings (SSSR count). The number of aliphatic imine (C=N–C) groups is 1. The van der Waals surface area contributed by atoms with Gasteiger partial charge in [0.15, 0.2) is 6.23 Å². The summed E-state index contributed by atoms with van der Waals surface area (Å²) in [6.45, 7) is 2.90. The van der Waals surface area contributed by atoms with Gasteiger partial charge in [0, 0.05) is 12.4 Å². The summed E-state index contributed by atoms with van der Waals surface area (Å²) < 4.78 is 1.41. The molecule has 0 spiro atoms. The van der Waals surface area contributed by atoms with Crippen molar-refractivity contribution in [2.45, 2.75) is 26.2 Å². The van der Waals surface area contributed by atoms with Gasteiger partial charge in [-0.3, -0.25) is 9.79 Å². The average Bonchev–Trinajstić information content (AvgIpc) is 2.45. The van der Waals surface area contributed by atoms with Crippen LogP contribution in [-0.4, -0.2) is 37.9 Å². The number of para-hydroxylation sites is 1. The molecule has 1 aromatic carbocycles. The Morgan fingerprint density at radius 1 is 1.29 bits per heavy atom. The molecule has 3 N–H and O–H groups in total. The van der Waals surface area contributed by atoms with E-state index in [9.17, 15) is 20.1 Å². The van der Waals surface area contributed by atoms with Crippen LogP contribution in [0.1, 0.15) is 19.4 Å². The van der Waals surface area contributed by atoms with Crippen molar-refractivity contribution in [3.63, 3.8) is 0 Å². The Hall–Kier alpha value is -2.18. The first kappa shape index (κ1) is 15.2. The third-order valence-electron chi connectivity index (χ3n) is 3.40. The smallest absolute Gasteiger partial charge is 0.263 e. The number of benzene rings is 1. The van der Waals surface area contributed by atoms with E-state index in [1.165, 1.54) is 18.4 Å². The van der Waals surface area contributed by atoms with Gasteiger partial charge >= 0.3 is 0 Å². The van der Waals surface area contributed by atoms with Crippen molar-refractivity contribution in [3.8, 4) is 5.75 Å². The minimum atomic E-state index is -1.35. The summed E-state index contributed by atoms with van der Waals surface area (Å²) in [5.41, 5.74) is 0.390. The highest BCUT2D eigenvalue weighted by molar-refractivity contribution is 6.05. The maximum Gasteiger partial charge on any atom is 0.263 e. The predicted molar refractivity (Wildman–Crippen MR) is 80.8 cm³/mol. The van der Waals surface area contributed by atoms with Crippen LogP contribution in [-0.2, 0) is 7.05 Å². The van der Waals surface area contributed by atoms with Crippen molar-refractivity contribution in [2.24, 2.45) is 12.0 Å². The van der Waals surface area contributed by atoms with Gasteiger partial charge in [-0.25, -0.2) is 0 Å². The van der Waals surface area contributed by atoms with Crippen LogP contribution in [0.15, 0.2) is 34.1 Å². The number of hydrogen-bond donors (Lipinski definition) is 3. The summed E-state index contributed by atoms with van der Waals surface area (Å²) in [5, 5.41) is 29.7. The van der Waals surface area contributed by atoms with Crippen LogP contribution in [0.5, 0.6) is 5.75 Å². The fraction of sp³-hybridized carbons (Fsp3) is 0.333. The lowest BCUT2D eigenvalue weighted by atomic mass is 10.1. The molecule has 0 amide bonds. The first-order chi connectivity index (χ1) is 9.84. The zero-order valence-electron chi connectivity index (χ0n) is 12.1. The lowest BCUT2D eigenvalue weighted by Crippen LogP contribution is -2.27. The molecular formula is C15H18N2O4. The highest BCUT2D eigenvalue weighted by atomic mass is 16.3. The van der Waals surface area contributed by atoms with E-state index in [0.29, 0.717) is 10.9 Å². The van der Waals surface area contributed by atoms with Gasteiger partial charge in [-0.05, 0) is 26.0 Å². The summed E-state index contributed by atoms with van der Waals surface area (Å²) in [6.07, 6.45) is -2.41. The Morgan fingerprint density at radius 2 is 1.90 bits per heavy atom. The number of pyridine rings is 1. The van der Waals surface area contributed by atoms with E-state index in [-0.39, 0.29) is 17.0 Å². The number of aromatic hydroxyl groups is 1. The Labute approximate surface area is 121 Å². The molecule has 0 aliphatic carbocycles. The van der Waals surface area contributed by atoms with Gasteiger partial charge in [0.05, 0.1) is 17.3 Å². The quantitative estimate of drug-likeness (QED) is 0.727. The number of aryl methyl sites for hydroxylation is 1. The molecule has 1 heterocycles. The van der Waals surface area contributed by atoms with Gasteiger partial charge in [-0.2, -0.15) is 0 Å². The molecule has 0 bridgehead atoms. The molecule has 112 valence electrons. The summed E-state index contributed by atoms with van der Waals surface area (Å²) >= 11 is 0. The van der Waals surface area contributed by atoms with E-state index < -0.39 is 17.9 Å². The van der Waals surface area contributed by atoms with E-state index in [0.717, 1.165) is 0 Å². The Kier molecular flexibility index (Phi) is 4.11. The standard InChI is InChI=1S/C15H18N2O4/c1-8(16-14(20)9(2)18)12-13(19)10-6-4-5-7-11(10)17(3)15(12)21/h4-7,9,14,18-20H,1-3H3/t9-,14-/m0/s1. The van der Waals surface area contributed by atoms with Crippen LogP contribution in [0.2, 0.25) is 0 Å². The van der Waals surface area contributed by atoms with Crippen LogP contribution in [0.4, 0.5) is 0 Å². The molecule has 0 radical (unpaired) electrons. The number of hydrogen-bond acceptors (Lipinski definition) is 5. The molecule has 0 saturated heterocycles. The number of fused-ring (bicyclic) bond motifs is 1. The van der Waals surface area contributed by atoms with Gasteiger partial charge in [0.25, 0.3) is 5.56 Å². The molecule has 2 atom stereocenters. The van der Waals surface area contributed by atoms with E-state index in [4.69, 9.17) is 0 Å². The third-order valence-corrected chi connectivity index (χ3v) is 3.40. The molecule has 6 nitrogen and oxygen atoms in total. The van der Waals surface area contributed by atoms with Crippen molar-refractivity contribution in [2.75, 3.05) is 0 Å². The monoisotopic (exact) mass is 290 g/mol. The number of aliphatic hydroxyl groups excluding tert-OH is 2. The van der Waals surface area contributed by atoms with Gasteiger partial charge in [-0.1, -0.05) is 12.1 Å². The summed E-state index contributed by atoms with van der Waals surface area (Å²) in [5.74, 6) is -0.173. The molecule has 6 heteroatoms. The lowest BCUT2D eigenvalue weighted by Gasteiger charge is -2.13. The Morgan fingerprint density at radius 3 is 2.52 bits per heavy atom. The highest BCUT2D eigenvalue weighted by Gasteiger charge is 2.18. The summed E-state index contributed by atoms with van der Waals surface area (Å²) in [6, 6.07) is 6.97. The molecule has 0 aliphatic heterocycles. The van der Waals surface area contributed by atoms with Crippen LogP contribution < -0.4 is 5.56 Å². The summed E-state index contributed by atoms with van der Waals surface area (Å²) in [7, 11) is 1.60. The minimum absolute atomic E-state index is 0.0240. The molecule has 0 fully saturated rings. The first-order valence-electron chi connectivity index (χ1n) is 6.56. The second-order valence-electron chi connectivity index (χ2n) is 4.97. The molecule has 0 saturated carbocycles. The van der Waals surface area contributed by atoms with Gasteiger partial charge in [0.1, 0.15) is 11.3 Å². The zero-order valence-corrected chi connectivity index (χ0v) is 12.1. The summed E-state index contributed by atoms with van der Waals surface area (Å²) in [4.78, 5) is 16.2. The molecule has 1 aromatic heterocycles. The Balaban J connectivity index is 2.73. The molecule has 2 aromatic rings. The normalized spacial score (nSPS) is 15.2. The second-order valence-corrected chi connectivity index (χ2v) is 4.97. The van der Waals surface area contributed by atoms with Crippen molar-refractivity contribution in [1.29, 1.82) is 0 Å². The molecule has 0 unspecified atom stereocenters. The first-order valence-corrected chi connectivity index (χ1v) is 6.56. The topological polar surface area (TPSA) is 95.1 Å². The number of rotatable bonds is 3. The highest BCUT2D eigenvalue weighted by Crippen LogP contribution is 2.26. The number of nitrogens with zero attached hydrogens (tertiary/aromatic N) is 2. The van der Waals surface area contributed by atoms with Crippen molar-refractivity contribution in [1.82, 2.24) is 4.57 Å². The van der Waals surface area contributed by atoms with Gasteiger partial charge in [-0.15, -0.1) is 0 Å². The van der Waals surface area contributed by atoms with E-state index in [2.05, 4.69) is 4.99 Å². The minimum Gasteiger partial charge on any atom is -0.506 e. The fourth-order valence-corrected chi connectivity index (χ4v) is 2.18. The van der Waals surface area contributed by atoms with E-state index >= 15 is 0 Å². The number of aliphatic hydroxyl groups is 2. The maximum atomic E-state index is 12.4. The van der Waals surface area contributed by atoms with Crippen molar-refractivity contribution < 1.29 is 15.3 Å². The van der Waals surface area contributed by atoms with Crippen molar-refractivity contribution in [3.05, 3.63) is 40.2 Å². The number of aromatic nitrogens is 1. The predicted octanol–water partition coefficient (Wildman–Crippen LogP) is 0.752. The van der Waals surface area contributed by atoms with Crippen LogP contribution in [0.25, 0.3) is 10.9 Å². The lowest BCUT2D eigenvalue weighted by molar-refractivity contribution is 0.0376. The molecule has 0 aliphatic rings. The average molecular weight is 290 g/mol. The second kappa shape index (κ2) is 5.67. The van der Waals surface area contributed by atoms with E-state index in [1.54, 1.807) is 31.3 Å². The SMILES string of the molecule is CC(=N[C@@H](O)[C@H](C)O)c1c(O)c2ccccc2n(C)c1=O.